The van der Waals surface area contributed by atoms with Gasteiger partial charge in [0.2, 0.25) is 20.0 Å². The van der Waals surface area contributed by atoms with Crippen molar-refractivity contribution in [2.45, 2.75) is 74.7 Å². The van der Waals surface area contributed by atoms with Crippen LogP contribution in [-0.2, 0) is 29.5 Å². The molecule has 4 N–H and O–H groups in total. The summed E-state index contributed by atoms with van der Waals surface area (Å²) in [7, 11) is -7.71. The van der Waals surface area contributed by atoms with Crippen LogP contribution in [0.3, 0.4) is 0 Å². The summed E-state index contributed by atoms with van der Waals surface area (Å²) in [4.78, 5) is 12.4. The molecule has 16 heteroatoms. The molecule has 0 aliphatic heterocycles. The van der Waals surface area contributed by atoms with Crippen LogP contribution in [0.15, 0.2) is 67.3 Å². The fourth-order valence-electron chi connectivity index (χ4n) is 3.55. The lowest BCUT2D eigenvalue weighted by molar-refractivity contribution is 0.0494. The van der Waals surface area contributed by atoms with Gasteiger partial charge in [-0.25, -0.2) is 21.6 Å². The predicted octanol–water partition coefficient (Wildman–Crippen LogP) is 4.47. The Hall–Kier alpha value is -1.30. The molecule has 2 aromatic rings. The average molecular weight is 765 g/mol. The minimum absolute atomic E-state index is 0. The van der Waals surface area contributed by atoms with Crippen molar-refractivity contribution >= 4 is 70.5 Å². The van der Waals surface area contributed by atoms with E-state index in [4.69, 9.17) is 9.47 Å². The average Bonchev–Trinajstić information content (AvgIpc) is 2.83. The largest absolute Gasteiger partial charge is 0.508 e. The molecular weight excluding hydrogens is 728 g/mol. The molecule has 2 aromatic carbocycles. The molecule has 0 fully saturated rings. The van der Waals surface area contributed by atoms with Crippen molar-refractivity contribution in [3.05, 3.63) is 57.5 Å². The third kappa shape index (κ3) is 13.3. The Labute approximate surface area is 265 Å². The van der Waals surface area contributed by atoms with Gasteiger partial charge >= 0.3 is 6.16 Å². The lowest BCUT2D eigenvalue weighted by Crippen LogP contribution is -2.48. The summed E-state index contributed by atoms with van der Waals surface area (Å²) in [5.41, 5.74) is 0. The standard InChI is InChI=1S/C25H36Br2N4O7S2.ClH/c1-17(2)28-23(30-39(33,34)21-11-7-5-9-19(21)26)13-15-37-25(32)38-16-14-24(29-18(3)4)31-40(35,36)22-12-8-6-10-20(22)27;/h5-12,17-18,23-24,28-31H,13-16H2,1-4H3;1H. The van der Waals surface area contributed by atoms with Crippen LogP contribution in [0.4, 0.5) is 4.79 Å². The number of benzene rings is 2. The first-order valence-electron chi connectivity index (χ1n) is 12.6. The Morgan fingerprint density at radius 1 is 0.707 bits per heavy atom. The van der Waals surface area contributed by atoms with Gasteiger partial charge in [0.05, 0.1) is 35.3 Å². The number of sulfonamides is 2. The molecule has 41 heavy (non-hydrogen) atoms. The first kappa shape index (κ1) is 37.7. The van der Waals surface area contributed by atoms with Crippen LogP contribution in [0, 0.1) is 0 Å². The molecule has 0 bridgehead atoms. The Morgan fingerprint density at radius 3 is 1.37 bits per heavy atom. The van der Waals surface area contributed by atoms with E-state index in [0.29, 0.717) is 8.95 Å². The zero-order chi connectivity index (χ0) is 29.9. The van der Waals surface area contributed by atoms with Gasteiger partial charge in [-0.2, -0.15) is 9.44 Å². The minimum atomic E-state index is -3.86. The maximum absolute atomic E-state index is 12.9. The topological polar surface area (TPSA) is 152 Å². The zero-order valence-electron chi connectivity index (χ0n) is 23.1. The number of rotatable bonds is 16. The SMILES string of the molecule is CC(C)NC(CCOC(=O)OCCC(NC(C)C)NS(=O)(=O)c1ccccc1Br)NS(=O)(=O)c1ccccc1Br.Cl. The second-order valence-corrected chi connectivity index (χ2v) is 14.4. The quantitative estimate of drug-likeness (QED) is 0.143. The van der Waals surface area contributed by atoms with E-state index in [9.17, 15) is 21.6 Å². The summed E-state index contributed by atoms with van der Waals surface area (Å²) in [6.45, 7) is 7.21. The van der Waals surface area contributed by atoms with Gasteiger partial charge in [0.25, 0.3) is 0 Å². The van der Waals surface area contributed by atoms with Gasteiger partial charge in [-0.1, -0.05) is 24.3 Å². The van der Waals surface area contributed by atoms with E-state index in [1.807, 2.05) is 27.7 Å². The number of carbonyl (C=O) groups excluding carboxylic acids is 1. The third-order valence-electron chi connectivity index (χ3n) is 5.17. The number of carbonyl (C=O) groups is 1. The van der Waals surface area contributed by atoms with Crippen molar-refractivity contribution in [3.8, 4) is 0 Å². The molecule has 0 radical (unpaired) electrons. The number of ether oxygens (including phenoxy) is 2. The molecule has 0 amide bonds. The number of hydrogen-bond donors (Lipinski definition) is 4. The molecule has 0 heterocycles. The summed E-state index contributed by atoms with van der Waals surface area (Å²) >= 11 is 6.51. The van der Waals surface area contributed by atoms with Crippen LogP contribution in [0.2, 0.25) is 0 Å². The summed E-state index contributed by atoms with van der Waals surface area (Å²) in [6, 6.07) is 12.8. The van der Waals surface area contributed by atoms with Gasteiger partial charge < -0.3 is 9.47 Å². The normalized spacial score (nSPS) is 13.5. The Kier molecular flexibility index (Phi) is 16.3. The van der Waals surface area contributed by atoms with Gasteiger partial charge in [0.15, 0.2) is 0 Å². The fourth-order valence-corrected chi connectivity index (χ4v) is 7.93. The molecule has 0 aromatic heterocycles. The highest BCUT2D eigenvalue weighted by Crippen LogP contribution is 2.22. The van der Waals surface area contributed by atoms with Crippen molar-refractivity contribution in [2.24, 2.45) is 0 Å². The molecule has 2 unspecified atom stereocenters. The summed E-state index contributed by atoms with van der Waals surface area (Å²) in [5.74, 6) is 0. The molecule has 11 nitrogen and oxygen atoms in total. The predicted molar refractivity (Wildman–Crippen MR) is 167 cm³/mol. The van der Waals surface area contributed by atoms with E-state index in [0.717, 1.165) is 0 Å². The van der Waals surface area contributed by atoms with Crippen molar-refractivity contribution in [3.63, 3.8) is 0 Å². The minimum Gasteiger partial charge on any atom is -0.434 e. The molecule has 2 rings (SSSR count). The van der Waals surface area contributed by atoms with Crippen LogP contribution >= 0.6 is 44.3 Å². The highest BCUT2D eigenvalue weighted by Gasteiger charge is 2.24. The highest BCUT2D eigenvalue weighted by atomic mass is 79.9. The van der Waals surface area contributed by atoms with Crippen LogP contribution < -0.4 is 20.1 Å². The molecule has 232 valence electrons. The Balaban J connectivity index is 0.00000840. The molecule has 0 saturated carbocycles. The van der Waals surface area contributed by atoms with Crippen molar-refractivity contribution in [1.82, 2.24) is 20.1 Å². The lowest BCUT2D eigenvalue weighted by Gasteiger charge is -2.23. The van der Waals surface area contributed by atoms with Crippen LogP contribution in [0.25, 0.3) is 0 Å². The highest BCUT2D eigenvalue weighted by molar-refractivity contribution is 9.10. The van der Waals surface area contributed by atoms with Crippen molar-refractivity contribution in [2.75, 3.05) is 13.2 Å². The maximum Gasteiger partial charge on any atom is 0.508 e. The van der Waals surface area contributed by atoms with E-state index in [1.165, 1.54) is 12.1 Å². The van der Waals surface area contributed by atoms with Gasteiger partial charge in [-0.3, -0.25) is 10.6 Å². The molecular formula is C25H37Br2ClN4O7S2. The molecule has 0 saturated heterocycles. The van der Waals surface area contributed by atoms with Crippen LogP contribution in [-0.4, -0.2) is 60.6 Å². The van der Waals surface area contributed by atoms with E-state index < -0.39 is 38.5 Å². The van der Waals surface area contributed by atoms with E-state index >= 15 is 0 Å². The Bertz CT molecular complexity index is 1230. The molecule has 0 aliphatic carbocycles. The van der Waals surface area contributed by atoms with Crippen LogP contribution in [0.1, 0.15) is 40.5 Å². The molecule has 0 spiro atoms. The second kappa shape index (κ2) is 17.7. The number of halogens is 3. The fraction of sp³-hybridized carbons (Fsp3) is 0.480. The smallest absolute Gasteiger partial charge is 0.434 e. The Morgan fingerprint density at radius 2 is 1.05 bits per heavy atom. The van der Waals surface area contributed by atoms with E-state index in [-0.39, 0.29) is 60.3 Å². The lowest BCUT2D eigenvalue weighted by atomic mass is 10.3. The van der Waals surface area contributed by atoms with Gasteiger partial charge in [-0.15, -0.1) is 12.4 Å². The van der Waals surface area contributed by atoms with Crippen LogP contribution in [0.5, 0.6) is 0 Å². The summed E-state index contributed by atoms with van der Waals surface area (Å²) in [6.07, 6.45) is -2.10. The number of nitrogens with one attached hydrogen (secondary N) is 4. The zero-order valence-corrected chi connectivity index (χ0v) is 28.7. The van der Waals surface area contributed by atoms with Crippen molar-refractivity contribution in [1.29, 1.82) is 0 Å². The monoisotopic (exact) mass is 762 g/mol. The van der Waals surface area contributed by atoms with Gasteiger partial charge in [0, 0.05) is 33.9 Å². The van der Waals surface area contributed by atoms with E-state index in [2.05, 4.69) is 51.9 Å². The third-order valence-corrected chi connectivity index (χ3v) is 10.1. The van der Waals surface area contributed by atoms with Gasteiger partial charge in [-0.05, 0) is 83.8 Å². The molecule has 2 atom stereocenters. The molecule has 0 aliphatic rings. The summed E-state index contributed by atoms with van der Waals surface area (Å²) < 4.78 is 67.8. The summed E-state index contributed by atoms with van der Waals surface area (Å²) in [5, 5.41) is 6.20. The first-order valence-corrected chi connectivity index (χ1v) is 17.1. The van der Waals surface area contributed by atoms with Crippen molar-refractivity contribution < 1.29 is 31.1 Å². The van der Waals surface area contributed by atoms with Gasteiger partial charge in [0.1, 0.15) is 0 Å². The second-order valence-electron chi connectivity index (χ2n) is 9.38. The first-order chi connectivity index (χ1) is 18.7. The van der Waals surface area contributed by atoms with E-state index in [1.54, 1.807) is 36.4 Å². The maximum atomic E-state index is 12.9. The number of hydrogen-bond acceptors (Lipinski definition) is 9.